The lowest BCUT2D eigenvalue weighted by Gasteiger charge is -2.33. The number of nitrogens with zero attached hydrogens (tertiary/aromatic N) is 3. The normalized spacial score (nSPS) is 14.3. The number of allylic oxidation sites excluding steroid dienone is 1. The summed E-state index contributed by atoms with van der Waals surface area (Å²) in [6, 6.07) is 20.9. The van der Waals surface area contributed by atoms with E-state index in [-0.39, 0.29) is 69.2 Å². The Kier molecular flexibility index (Phi) is 22.6. The van der Waals surface area contributed by atoms with E-state index in [0.717, 1.165) is 23.1 Å². The monoisotopic (exact) mass is 963 g/mol. The second-order valence-electron chi connectivity index (χ2n) is 18.8. The van der Waals surface area contributed by atoms with Crippen molar-refractivity contribution in [2.24, 2.45) is 11.8 Å². The minimum Gasteiger partial charge on any atom is -0.448 e. The van der Waals surface area contributed by atoms with Crippen molar-refractivity contribution in [2.45, 2.75) is 130 Å². The molecule has 16 nitrogen and oxygen atoms in total. The SMILES string of the molecule is C/C=C(/CC)CN(CCO)CC(=O)N[C@@H](CCc1ccccc1)C(=O)N[C@@H](CC(C)C)C(=O)N[C@@H](Cc1ccccc1)C(=O)N[C@@H](CC(C)C)C(=O)[C@@](C)(CC)OC(=O)c1cccc(-c2cn[nH]n2)c1. The lowest BCUT2D eigenvalue weighted by Crippen LogP contribution is -2.60. The summed E-state index contributed by atoms with van der Waals surface area (Å²) in [5, 5.41) is 31.9. The van der Waals surface area contributed by atoms with E-state index in [4.69, 9.17) is 4.74 Å². The molecule has 0 saturated heterocycles. The quantitative estimate of drug-likeness (QED) is 0.0277. The number of Topliss-reactive ketones (excluding diaryl/α,β-unsaturated/α-hetero) is 1. The second-order valence-corrected chi connectivity index (χ2v) is 18.8. The van der Waals surface area contributed by atoms with Crippen LogP contribution in [0.15, 0.2) is 103 Å². The first-order valence-electron chi connectivity index (χ1n) is 24.5. The number of carbonyl (C=O) groups is 6. The molecule has 0 fully saturated rings. The molecule has 4 amide bonds. The number of rotatable bonds is 29. The van der Waals surface area contributed by atoms with Gasteiger partial charge in [0.1, 0.15) is 23.8 Å². The number of H-pyrrole nitrogens is 1. The van der Waals surface area contributed by atoms with Crippen LogP contribution in [0.2, 0.25) is 0 Å². The van der Waals surface area contributed by atoms with Gasteiger partial charge in [-0.25, -0.2) is 4.79 Å². The third-order valence-corrected chi connectivity index (χ3v) is 12.2. The summed E-state index contributed by atoms with van der Waals surface area (Å²) >= 11 is 0. The van der Waals surface area contributed by atoms with E-state index >= 15 is 0 Å². The number of aliphatic hydroxyl groups excluding tert-OH is 1. The molecule has 0 bridgehead atoms. The summed E-state index contributed by atoms with van der Waals surface area (Å²) in [5.41, 5.74) is 2.50. The molecule has 0 radical (unpaired) electrons. The Hall–Kier alpha value is -6.52. The first-order valence-corrected chi connectivity index (χ1v) is 24.5. The molecule has 4 aromatic rings. The highest BCUT2D eigenvalue weighted by atomic mass is 16.6. The van der Waals surface area contributed by atoms with E-state index in [2.05, 4.69) is 36.7 Å². The van der Waals surface area contributed by atoms with Gasteiger partial charge in [-0.15, -0.1) is 0 Å². The predicted molar refractivity (Wildman–Crippen MR) is 270 cm³/mol. The molecule has 6 N–H and O–H groups in total. The van der Waals surface area contributed by atoms with Gasteiger partial charge in [0.05, 0.1) is 31.0 Å². The molecule has 4 rings (SSSR count). The fraction of sp³-hybridized carbons (Fsp3) is 0.481. The molecule has 5 atom stereocenters. The van der Waals surface area contributed by atoms with Gasteiger partial charge in [0, 0.05) is 25.1 Å². The number of hydrogen-bond acceptors (Lipinski definition) is 11. The van der Waals surface area contributed by atoms with Gasteiger partial charge in [-0.1, -0.05) is 126 Å². The van der Waals surface area contributed by atoms with Gasteiger partial charge in [-0.3, -0.25) is 28.9 Å². The molecule has 0 aliphatic carbocycles. The largest absolute Gasteiger partial charge is 0.448 e. The van der Waals surface area contributed by atoms with Gasteiger partial charge in [0.2, 0.25) is 23.6 Å². The molecule has 1 aromatic heterocycles. The number of aryl methyl sites for hydroxylation is 1. The van der Waals surface area contributed by atoms with E-state index in [0.29, 0.717) is 24.2 Å². The Morgan fingerprint density at radius 1 is 0.757 bits per heavy atom. The zero-order valence-electron chi connectivity index (χ0n) is 42.1. The number of carbonyl (C=O) groups excluding carboxylic acids is 6. The van der Waals surface area contributed by atoms with Gasteiger partial charge in [0.15, 0.2) is 11.4 Å². The summed E-state index contributed by atoms with van der Waals surface area (Å²) in [6.07, 6.45) is 5.56. The van der Waals surface area contributed by atoms with Crippen molar-refractivity contribution < 1.29 is 38.6 Å². The highest BCUT2D eigenvalue weighted by Gasteiger charge is 2.42. The van der Waals surface area contributed by atoms with Crippen molar-refractivity contribution in [1.82, 2.24) is 41.6 Å². The van der Waals surface area contributed by atoms with Crippen molar-refractivity contribution in [3.05, 3.63) is 119 Å². The molecule has 378 valence electrons. The van der Waals surface area contributed by atoms with Gasteiger partial charge in [-0.2, -0.15) is 15.4 Å². The number of ketones is 1. The van der Waals surface area contributed by atoms with Crippen molar-refractivity contribution in [2.75, 3.05) is 26.2 Å². The maximum Gasteiger partial charge on any atom is 0.339 e. The maximum atomic E-state index is 14.6. The minimum atomic E-state index is -1.65. The number of esters is 1. The molecule has 70 heavy (non-hydrogen) atoms. The number of aliphatic hydroxyl groups is 1. The average molecular weight is 963 g/mol. The molecule has 1 heterocycles. The van der Waals surface area contributed by atoms with Gasteiger partial charge < -0.3 is 31.1 Å². The van der Waals surface area contributed by atoms with E-state index in [1.807, 2.05) is 113 Å². The molecular weight excluding hydrogens is 889 g/mol. The van der Waals surface area contributed by atoms with Crippen molar-refractivity contribution >= 4 is 35.4 Å². The minimum absolute atomic E-state index is 0.0539. The molecule has 0 aliphatic heterocycles. The van der Waals surface area contributed by atoms with Gasteiger partial charge in [0.25, 0.3) is 0 Å². The first kappa shape index (κ1) is 56.1. The smallest absolute Gasteiger partial charge is 0.339 e. The predicted octanol–water partition coefficient (Wildman–Crippen LogP) is 5.92. The molecular formula is C54H74N8O8. The highest BCUT2D eigenvalue weighted by molar-refractivity contribution is 6.00. The van der Waals surface area contributed by atoms with Crippen LogP contribution < -0.4 is 21.3 Å². The standard InChI is InChI=1S/C54H74N8O8/c1-9-38(10-2)34-62(27-28-63)35-48(64)56-43(26-25-39-19-14-12-15-20-39)50(66)58-45(30-37(6)7)51(67)59-46(31-40-21-16-13-17-22-40)52(68)57-44(29-36(4)5)49(65)54(8,11-3)70-53(69)42-24-18-23-41(32-42)47-33-55-61-60-47/h9,12-24,32-33,36-37,43-46,63H,10-11,25-31,34-35H2,1-8H3,(H,56,64)(H,57,68)(H,58,66)(H,59,67)(H,55,60,61)/b38-9-/t43-,44-,45-,46-,54+/m0/s1. The molecule has 3 aromatic carbocycles. The van der Waals surface area contributed by atoms with Crippen LogP contribution in [-0.4, -0.2) is 117 Å². The lowest BCUT2D eigenvalue weighted by molar-refractivity contribution is -0.142. The molecule has 0 aliphatic rings. The lowest BCUT2D eigenvalue weighted by atomic mass is 9.87. The van der Waals surface area contributed by atoms with Crippen molar-refractivity contribution in [3.63, 3.8) is 0 Å². The Bertz CT molecular complexity index is 2320. The first-order chi connectivity index (χ1) is 33.5. The highest BCUT2D eigenvalue weighted by Crippen LogP contribution is 2.25. The molecule has 16 heteroatoms. The summed E-state index contributed by atoms with van der Waals surface area (Å²) in [5.74, 6) is -3.62. The number of aromatic nitrogens is 3. The van der Waals surface area contributed by atoms with E-state index < -0.39 is 65.1 Å². The number of hydrogen-bond donors (Lipinski definition) is 6. The van der Waals surface area contributed by atoms with Crippen LogP contribution in [0.4, 0.5) is 0 Å². The maximum absolute atomic E-state index is 14.6. The summed E-state index contributed by atoms with van der Waals surface area (Å²) in [7, 11) is 0. The Morgan fingerprint density at radius 2 is 1.36 bits per heavy atom. The van der Waals surface area contributed by atoms with E-state index in [1.165, 1.54) is 13.1 Å². The van der Waals surface area contributed by atoms with Crippen molar-refractivity contribution in [1.29, 1.82) is 0 Å². The van der Waals surface area contributed by atoms with Crippen LogP contribution in [0.25, 0.3) is 11.3 Å². The third kappa shape index (κ3) is 17.8. The van der Waals surface area contributed by atoms with Crippen LogP contribution >= 0.6 is 0 Å². The Labute approximate surface area is 413 Å². The zero-order valence-corrected chi connectivity index (χ0v) is 42.1. The van der Waals surface area contributed by atoms with Gasteiger partial charge >= 0.3 is 5.97 Å². The van der Waals surface area contributed by atoms with Gasteiger partial charge in [-0.05, 0) is 87.5 Å². The number of aromatic amines is 1. The third-order valence-electron chi connectivity index (χ3n) is 12.2. The zero-order chi connectivity index (χ0) is 51.2. The molecule has 0 spiro atoms. The fourth-order valence-corrected chi connectivity index (χ4v) is 8.07. The van der Waals surface area contributed by atoms with E-state index in [1.54, 1.807) is 31.2 Å². The number of ether oxygens (including phenoxy) is 1. The average Bonchev–Trinajstić information content (AvgIpc) is 3.89. The summed E-state index contributed by atoms with van der Waals surface area (Å²) in [6.45, 7) is 15.4. The molecule has 0 unspecified atom stereocenters. The summed E-state index contributed by atoms with van der Waals surface area (Å²) in [4.78, 5) is 87.2. The van der Waals surface area contributed by atoms with Crippen LogP contribution in [-0.2, 0) is 41.6 Å². The van der Waals surface area contributed by atoms with Crippen LogP contribution in [0.5, 0.6) is 0 Å². The Morgan fingerprint density at radius 3 is 1.94 bits per heavy atom. The van der Waals surface area contributed by atoms with Crippen LogP contribution in [0.3, 0.4) is 0 Å². The van der Waals surface area contributed by atoms with E-state index in [9.17, 15) is 33.9 Å². The number of nitrogens with one attached hydrogen (secondary N) is 5. The second kappa shape index (κ2) is 28.2. The molecule has 0 saturated carbocycles. The Balaban J connectivity index is 1.59. The fourth-order valence-electron chi connectivity index (χ4n) is 8.07. The summed E-state index contributed by atoms with van der Waals surface area (Å²) < 4.78 is 5.98. The number of amides is 4. The topological polar surface area (TPSA) is 225 Å². The van der Waals surface area contributed by atoms with Crippen molar-refractivity contribution in [3.8, 4) is 11.3 Å². The van der Waals surface area contributed by atoms with Crippen LogP contribution in [0, 0.1) is 11.8 Å². The number of benzene rings is 3. The van der Waals surface area contributed by atoms with Crippen LogP contribution in [0.1, 0.15) is 109 Å².